The SMILES string of the molecule is CC(=O)N1CCCC1c1ccc(Cc2cncc(C(=O)NCc3cc4c(Cl)c[nH]c4cc3F)c2)cc1. The van der Waals surface area contributed by atoms with Crippen molar-refractivity contribution in [2.24, 2.45) is 0 Å². The number of amides is 2. The van der Waals surface area contributed by atoms with Crippen LogP contribution in [0.5, 0.6) is 0 Å². The summed E-state index contributed by atoms with van der Waals surface area (Å²) in [6, 6.07) is 13.2. The lowest BCUT2D eigenvalue weighted by molar-refractivity contribution is -0.129. The number of H-pyrrole nitrogens is 1. The number of carbonyl (C=O) groups is 2. The normalized spacial score (nSPS) is 15.4. The van der Waals surface area contributed by atoms with Gasteiger partial charge in [-0.15, -0.1) is 0 Å². The first-order valence-corrected chi connectivity index (χ1v) is 12.3. The van der Waals surface area contributed by atoms with Crippen LogP contribution >= 0.6 is 11.6 Å². The summed E-state index contributed by atoms with van der Waals surface area (Å²) in [7, 11) is 0. The number of nitrogens with zero attached hydrogens (tertiary/aromatic N) is 2. The molecule has 184 valence electrons. The lowest BCUT2D eigenvalue weighted by Gasteiger charge is -2.23. The van der Waals surface area contributed by atoms with Gasteiger partial charge in [0.1, 0.15) is 5.82 Å². The van der Waals surface area contributed by atoms with Crippen molar-refractivity contribution >= 4 is 34.3 Å². The van der Waals surface area contributed by atoms with Crippen LogP contribution in [0.4, 0.5) is 4.39 Å². The zero-order valence-electron chi connectivity index (χ0n) is 19.9. The van der Waals surface area contributed by atoms with E-state index in [2.05, 4.69) is 39.6 Å². The molecule has 1 atom stereocenters. The van der Waals surface area contributed by atoms with Gasteiger partial charge in [0.15, 0.2) is 0 Å². The summed E-state index contributed by atoms with van der Waals surface area (Å²) in [6.07, 6.45) is 7.46. The number of pyridine rings is 1. The van der Waals surface area contributed by atoms with Gasteiger partial charge in [0, 0.05) is 55.1 Å². The lowest BCUT2D eigenvalue weighted by Crippen LogP contribution is -2.27. The highest BCUT2D eigenvalue weighted by atomic mass is 35.5. The molecule has 2 aromatic carbocycles. The zero-order chi connectivity index (χ0) is 25.2. The lowest BCUT2D eigenvalue weighted by atomic mass is 9.99. The summed E-state index contributed by atoms with van der Waals surface area (Å²) in [4.78, 5) is 33.7. The first-order valence-electron chi connectivity index (χ1n) is 11.9. The summed E-state index contributed by atoms with van der Waals surface area (Å²) in [5.41, 5.74) is 4.50. The van der Waals surface area contributed by atoms with Gasteiger partial charge in [-0.25, -0.2) is 4.39 Å². The Bertz CT molecular complexity index is 1430. The maximum atomic E-state index is 14.4. The fourth-order valence-corrected chi connectivity index (χ4v) is 5.07. The Morgan fingerprint density at radius 3 is 2.75 bits per heavy atom. The highest BCUT2D eigenvalue weighted by molar-refractivity contribution is 6.35. The standard InChI is InChI=1S/C28H26ClFN4O2/c1-17(35)34-8-2-3-27(34)20-6-4-18(5-7-20)9-19-10-22(14-31-13-19)28(36)33-15-21-11-23-24(29)16-32-26(23)12-25(21)30/h4-7,10-14,16,27,32H,2-3,8-9,15H2,1H3,(H,33,36). The van der Waals surface area contributed by atoms with Crippen LogP contribution in [0.2, 0.25) is 5.02 Å². The second-order valence-electron chi connectivity index (χ2n) is 9.18. The molecular formula is C28H26ClFN4O2. The van der Waals surface area contributed by atoms with Crippen LogP contribution < -0.4 is 5.32 Å². The molecule has 0 saturated carbocycles. The molecule has 6 nitrogen and oxygen atoms in total. The quantitative estimate of drug-likeness (QED) is 0.361. The number of hydrogen-bond acceptors (Lipinski definition) is 3. The molecule has 1 aliphatic heterocycles. The van der Waals surface area contributed by atoms with Crippen molar-refractivity contribution in [1.29, 1.82) is 0 Å². The van der Waals surface area contributed by atoms with Crippen LogP contribution in [0.1, 0.15) is 58.4 Å². The average Bonchev–Trinajstić information content (AvgIpc) is 3.50. The summed E-state index contributed by atoms with van der Waals surface area (Å²) in [6.45, 7) is 2.46. The molecule has 4 aromatic rings. The van der Waals surface area contributed by atoms with Crippen LogP contribution in [0, 0.1) is 5.82 Å². The van der Waals surface area contributed by atoms with Crippen molar-refractivity contribution in [3.05, 3.63) is 99.7 Å². The minimum atomic E-state index is -0.416. The van der Waals surface area contributed by atoms with Crippen LogP contribution in [0.3, 0.4) is 0 Å². The molecule has 1 aliphatic rings. The molecule has 5 rings (SSSR count). The number of nitrogens with one attached hydrogen (secondary N) is 2. The number of likely N-dealkylation sites (tertiary alicyclic amines) is 1. The Labute approximate surface area is 213 Å². The minimum Gasteiger partial charge on any atom is -0.360 e. The second-order valence-corrected chi connectivity index (χ2v) is 9.59. The number of rotatable bonds is 6. The van der Waals surface area contributed by atoms with Crippen molar-refractivity contribution < 1.29 is 14.0 Å². The Morgan fingerprint density at radius 1 is 1.17 bits per heavy atom. The molecule has 2 aromatic heterocycles. The summed E-state index contributed by atoms with van der Waals surface area (Å²) < 4.78 is 14.4. The van der Waals surface area contributed by atoms with E-state index in [4.69, 9.17) is 11.6 Å². The molecule has 0 bridgehead atoms. The fourth-order valence-electron chi connectivity index (χ4n) is 4.86. The predicted octanol–water partition coefficient (Wildman–Crippen LogP) is 5.56. The molecule has 1 saturated heterocycles. The molecule has 1 unspecified atom stereocenters. The van der Waals surface area contributed by atoms with Gasteiger partial charge >= 0.3 is 0 Å². The Kier molecular flexibility index (Phi) is 6.74. The van der Waals surface area contributed by atoms with E-state index in [9.17, 15) is 14.0 Å². The molecule has 0 radical (unpaired) electrons. The maximum Gasteiger partial charge on any atom is 0.253 e. The Hall–Kier alpha value is -3.71. The third-order valence-electron chi connectivity index (χ3n) is 6.72. The van der Waals surface area contributed by atoms with Crippen molar-refractivity contribution in [2.45, 2.75) is 38.8 Å². The fraction of sp³-hybridized carbons (Fsp3) is 0.250. The topological polar surface area (TPSA) is 78.1 Å². The molecule has 1 fully saturated rings. The first-order chi connectivity index (χ1) is 17.4. The Morgan fingerprint density at radius 2 is 1.97 bits per heavy atom. The van der Waals surface area contributed by atoms with Gasteiger partial charge in [0.05, 0.1) is 16.6 Å². The number of carbonyl (C=O) groups excluding carboxylic acids is 2. The van der Waals surface area contributed by atoms with Crippen molar-refractivity contribution in [3.63, 3.8) is 0 Å². The van der Waals surface area contributed by atoms with E-state index >= 15 is 0 Å². The Balaban J connectivity index is 1.24. The van der Waals surface area contributed by atoms with Gasteiger partial charge in [-0.2, -0.15) is 0 Å². The van der Waals surface area contributed by atoms with Gasteiger partial charge in [-0.1, -0.05) is 35.9 Å². The molecule has 0 spiro atoms. The molecular weight excluding hydrogens is 479 g/mol. The third kappa shape index (κ3) is 4.97. The van der Waals surface area contributed by atoms with Gasteiger partial charge in [0.2, 0.25) is 5.91 Å². The van der Waals surface area contributed by atoms with E-state index in [1.165, 1.54) is 12.3 Å². The van der Waals surface area contributed by atoms with E-state index in [1.807, 2.05) is 4.90 Å². The molecule has 8 heteroatoms. The summed E-state index contributed by atoms with van der Waals surface area (Å²) in [5.74, 6) is -0.634. The summed E-state index contributed by atoms with van der Waals surface area (Å²) in [5, 5.41) is 3.98. The maximum absolute atomic E-state index is 14.4. The highest BCUT2D eigenvalue weighted by Gasteiger charge is 2.27. The van der Waals surface area contributed by atoms with Gasteiger partial charge in [-0.3, -0.25) is 14.6 Å². The van der Waals surface area contributed by atoms with Crippen LogP contribution in [-0.2, 0) is 17.8 Å². The smallest absolute Gasteiger partial charge is 0.253 e. The van der Waals surface area contributed by atoms with Crippen LogP contribution in [0.15, 0.2) is 61.1 Å². The van der Waals surface area contributed by atoms with Gasteiger partial charge in [0.25, 0.3) is 5.91 Å². The number of halogens is 2. The van der Waals surface area contributed by atoms with Gasteiger partial charge < -0.3 is 15.2 Å². The minimum absolute atomic E-state index is 0.0340. The molecule has 2 N–H and O–H groups in total. The van der Waals surface area contributed by atoms with Gasteiger partial charge in [-0.05, 0) is 54.2 Å². The van der Waals surface area contributed by atoms with E-state index in [-0.39, 0.29) is 24.4 Å². The molecule has 3 heterocycles. The molecule has 0 aliphatic carbocycles. The van der Waals surface area contributed by atoms with E-state index in [0.29, 0.717) is 33.5 Å². The zero-order valence-corrected chi connectivity index (χ0v) is 20.6. The second kappa shape index (κ2) is 10.1. The molecule has 36 heavy (non-hydrogen) atoms. The predicted molar refractivity (Wildman–Crippen MR) is 137 cm³/mol. The van der Waals surface area contributed by atoms with Crippen LogP contribution in [-0.4, -0.2) is 33.2 Å². The number of benzene rings is 2. The number of fused-ring (bicyclic) bond motifs is 1. The third-order valence-corrected chi connectivity index (χ3v) is 7.04. The van der Waals surface area contributed by atoms with E-state index in [1.54, 1.807) is 31.5 Å². The van der Waals surface area contributed by atoms with E-state index < -0.39 is 5.82 Å². The summed E-state index contributed by atoms with van der Waals surface area (Å²) >= 11 is 6.13. The van der Waals surface area contributed by atoms with Crippen molar-refractivity contribution in [1.82, 2.24) is 20.2 Å². The van der Waals surface area contributed by atoms with Crippen LogP contribution in [0.25, 0.3) is 10.9 Å². The van der Waals surface area contributed by atoms with E-state index in [0.717, 1.165) is 36.1 Å². The first kappa shape index (κ1) is 24.0. The number of aromatic nitrogens is 2. The number of aromatic amines is 1. The monoisotopic (exact) mass is 504 g/mol. The largest absolute Gasteiger partial charge is 0.360 e. The van der Waals surface area contributed by atoms with Crippen molar-refractivity contribution in [3.8, 4) is 0 Å². The van der Waals surface area contributed by atoms with Crippen molar-refractivity contribution in [2.75, 3.05) is 6.54 Å². The highest BCUT2D eigenvalue weighted by Crippen LogP contribution is 2.32. The average molecular weight is 505 g/mol. The number of hydrogen-bond donors (Lipinski definition) is 2. The molecule has 2 amide bonds.